The molecule has 0 saturated carbocycles. The molecule has 1 aromatic rings. The topological polar surface area (TPSA) is 41.6 Å². The van der Waals surface area contributed by atoms with Gasteiger partial charge in [0, 0.05) is 6.54 Å². The number of rotatable bonds is 7. The molecule has 0 aliphatic carbocycles. The number of nitrogens with one attached hydrogen (secondary N) is 1. The number of hydrogen-bond donors (Lipinski definition) is 1. The molecule has 0 aliphatic heterocycles. The number of carbonyl (C=O) groups excluding carboxylic acids is 1. The highest BCUT2D eigenvalue weighted by Crippen LogP contribution is 2.20. The minimum Gasteiger partial charge on any atom is -0.449 e. The third-order valence-electron chi connectivity index (χ3n) is 2.86. The molecule has 0 saturated heterocycles. The Bertz CT molecular complexity index is 395. The third-order valence-corrected chi connectivity index (χ3v) is 3.19. The normalized spacial score (nSPS) is 10.5. The molecule has 0 spiro atoms. The second-order valence-electron chi connectivity index (χ2n) is 4.12. The van der Waals surface area contributed by atoms with Gasteiger partial charge in [-0.15, -0.1) is 0 Å². The molecule has 0 aromatic heterocycles. The molecule has 1 N–H and O–H groups in total. The third kappa shape index (κ3) is 5.94. The Balaban J connectivity index is 2.24. The monoisotopic (exact) mass is 284 g/mol. The number of halogens is 1. The van der Waals surface area contributed by atoms with Gasteiger partial charge in [-0.3, -0.25) is 5.32 Å². The molecule has 1 rings (SSSR count). The number of ether oxygens (including phenoxy) is 1. The quantitative estimate of drug-likeness (QED) is 0.778. The van der Waals surface area contributed by atoms with Crippen LogP contribution in [0.1, 0.15) is 20.3 Å². The molecule has 0 heterocycles. The first-order valence-electron chi connectivity index (χ1n) is 6.58. The van der Waals surface area contributed by atoms with Crippen molar-refractivity contribution in [3.63, 3.8) is 0 Å². The van der Waals surface area contributed by atoms with Gasteiger partial charge in [0.15, 0.2) is 0 Å². The first kappa shape index (κ1) is 15.8. The zero-order valence-electron chi connectivity index (χ0n) is 11.5. The highest BCUT2D eigenvalue weighted by molar-refractivity contribution is 6.33. The van der Waals surface area contributed by atoms with Crippen molar-refractivity contribution in [2.24, 2.45) is 0 Å². The van der Waals surface area contributed by atoms with Gasteiger partial charge in [-0.1, -0.05) is 37.6 Å². The van der Waals surface area contributed by atoms with Crippen molar-refractivity contribution >= 4 is 23.4 Å². The fourth-order valence-corrected chi connectivity index (χ4v) is 1.88. The van der Waals surface area contributed by atoms with Crippen molar-refractivity contribution < 1.29 is 9.53 Å². The van der Waals surface area contributed by atoms with Gasteiger partial charge in [0.1, 0.15) is 0 Å². The summed E-state index contributed by atoms with van der Waals surface area (Å²) in [6, 6.07) is 7.07. The van der Waals surface area contributed by atoms with Crippen molar-refractivity contribution in [1.29, 1.82) is 0 Å². The molecule has 106 valence electrons. The van der Waals surface area contributed by atoms with E-state index in [-0.39, 0.29) is 0 Å². The van der Waals surface area contributed by atoms with Gasteiger partial charge >= 0.3 is 6.09 Å². The molecule has 0 radical (unpaired) electrons. The molecule has 0 fully saturated rings. The number of anilines is 1. The van der Waals surface area contributed by atoms with E-state index in [1.165, 1.54) is 0 Å². The van der Waals surface area contributed by atoms with Crippen LogP contribution < -0.4 is 5.32 Å². The average Bonchev–Trinajstić information content (AvgIpc) is 2.42. The van der Waals surface area contributed by atoms with Gasteiger partial charge in [0.25, 0.3) is 0 Å². The van der Waals surface area contributed by atoms with Crippen LogP contribution in [0.3, 0.4) is 0 Å². The van der Waals surface area contributed by atoms with E-state index in [2.05, 4.69) is 24.1 Å². The highest BCUT2D eigenvalue weighted by atomic mass is 35.5. The molecule has 1 aromatic carbocycles. The summed E-state index contributed by atoms with van der Waals surface area (Å²) < 4.78 is 5.11. The average molecular weight is 285 g/mol. The smallest absolute Gasteiger partial charge is 0.411 e. The number of amides is 1. The molecule has 19 heavy (non-hydrogen) atoms. The number of benzene rings is 1. The van der Waals surface area contributed by atoms with Gasteiger partial charge in [0.05, 0.1) is 17.3 Å². The van der Waals surface area contributed by atoms with E-state index in [0.29, 0.717) is 17.3 Å². The molecule has 4 nitrogen and oxygen atoms in total. The van der Waals surface area contributed by atoms with E-state index < -0.39 is 6.09 Å². The number of carbonyl (C=O) groups is 1. The Labute approximate surface area is 119 Å². The summed E-state index contributed by atoms with van der Waals surface area (Å²) in [5.41, 5.74) is 0.568. The number of hydrogen-bond acceptors (Lipinski definition) is 3. The van der Waals surface area contributed by atoms with E-state index in [0.717, 1.165) is 26.1 Å². The van der Waals surface area contributed by atoms with E-state index in [1.807, 2.05) is 12.1 Å². The van der Waals surface area contributed by atoms with Crippen molar-refractivity contribution in [1.82, 2.24) is 4.90 Å². The second kappa shape index (κ2) is 8.77. The van der Waals surface area contributed by atoms with Crippen molar-refractivity contribution in [3.05, 3.63) is 29.3 Å². The van der Waals surface area contributed by atoms with Crippen LogP contribution in [0.5, 0.6) is 0 Å². The van der Waals surface area contributed by atoms with Gasteiger partial charge in [-0.2, -0.15) is 0 Å². The summed E-state index contributed by atoms with van der Waals surface area (Å²) in [7, 11) is 0. The first-order valence-corrected chi connectivity index (χ1v) is 6.95. The van der Waals surface area contributed by atoms with Crippen LogP contribution in [0.4, 0.5) is 10.5 Å². The molecule has 0 atom stereocenters. The van der Waals surface area contributed by atoms with Gasteiger partial charge in [-0.05, 0) is 31.6 Å². The van der Waals surface area contributed by atoms with Crippen molar-refractivity contribution in [3.8, 4) is 0 Å². The predicted octanol–water partition coefficient (Wildman–Crippen LogP) is 3.62. The maximum Gasteiger partial charge on any atom is 0.411 e. The predicted molar refractivity (Wildman–Crippen MR) is 78.8 cm³/mol. The lowest BCUT2D eigenvalue weighted by Crippen LogP contribution is -2.25. The van der Waals surface area contributed by atoms with E-state index in [4.69, 9.17) is 16.3 Å². The van der Waals surface area contributed by atoms with Crippen LogP contribution in [0.25, 0.3) is 0 Å². The Morgan fingerprint density at radius 2 is 2.00 bits per heavy atom. The minimum absolute atomic E-state index is 0.410. The van der Waals surface area contributed by atoms with Crippen LogP contribution in [-0.4, -0.2) is 37.2 Å². The number of para-hydroxylation sites is 1. The highest BCUT2D eigenvalue weighted by Gasteiger charge is 2.06. The Hall–Kier alpha value is -1.26. The van der Waals surface area contributed by atoms with Crippen LogP contribution in [0.15, 0.2) is 24.3 Å². The molecule has 0 unspecified atom stereocenters. The Morgan fingerprint density at radius 1 is 1.32 bits per heavy atom. The van der Waals surface area contributed by atoms with Crippen LogP contribution in [-0.2, 0) is 4.74 Å². The Morgan fingerprint density at radius 3 is 2.63 bits per heavy atom. The lowest BCUT2D eigenvalue weighted by Gasteiger charge is -2.17. The zero-order chi connectivity index (χ0) is 14.1. The zero-order valence-corrected chi connectivity index (χ0v) is 12.2. The molecule has 0 bridgehead atoms. The van der Waals surface area contributed by atoms with Crippen molar-refractivity contribution in [2.75, 3.05) is 31.6 Å². The lowest BCUT2D eigenvalue weighted by molar-refractivity contribution is 0.153. The first-order chi connectivity index (χ1) is 9.17. The van der Waals surface area contributed by atoms with Crippen LogP contribution in [0, 0.1) is 0 Å². The van der Waals surface area contributed by atoms with E-state index >= 15 is 0 Å². The van der Waals surface area contributed by atoms with E-state index in [1.54, 1.807) is 12.1 Å². The van der Waals surface area contributed by atoms with Gasteiger partial charge < -0.3 is 9.64 Å². The molecule has 5 heteroatoms. The standard InChI is InChI=1S/C14H21ClN2O2/c1-3-17(4-2)10-7-11-19-14(18)16-13-9-6-5-8-12(13)15/h5-6,8-9H,3-4,7,10-11H2,1-2H3,(H,16,18). The molecular weight excluding hydrogens is 264 g/mol. The summed E-state index contributed by atoms with van der Waals surface area (Å²) in [6.07, 6.45) is 0.366. The van der Waals surface area contributed by atoms with Crippen LogP contribution in [0.2, 0.25) is 5.02 Å². The maximum absolute atomic E-state index is 11.5. The molecule has 0 aliphatic rings. The van der Waals surface area contributed by atoms with Gasteiger partial charge in [-0.25, -0.2) is 4.79 Å². The number of nitrogens with zero attached hydrogens (tertiary/aromatic N) is 1. The Kier molecular flexibility index (Phi) is 7.30. The summed E-state index contributed by atoms with van der Waals surface area (Å²) in [6.45, 7) is 7.62. The second-order valence-corrected chi connectivity index (χ2v) is 4.53. The maximum atomic E-state index is 11.5. The lowest BCUT2D eigenvalue weighted by atomic mass is 10.3. The summed E-state index contributed by atoms with van der Waals surface area (Å²) in [4.78, 5) is 13.8. The largest absolute Gasteiger partial charge is 0.449 e. The summed E-state index contributed by atoms with van der Waals surface area (Å²) in [5, 5.41) is 3.12. The SMILES string of the molecule is CCN(CC)CCCOC(=O)Nc1ccccc1Cl. The van der Waals surface area contributed by atoms with Crippen LogP contribution >= 0.6 is 11.6 Å². The van der Waals surface area contributed by atoms with E-state index in [9.17, 15) is 4.79 Å². The fraction of sp³-hybridized carbons (Fsp3) is 0.500. The minimum atomic E-state index is -0.465. The molecular formula is C14H21ClN2O2. The fourth-order valence-electron chi connectivity index (χ4n) is 1.70. The summed E-state index contributed by atoms with van der Waals surface area (Å²) >= 11 is 5.93. The summed E-state index contributed by atoms with van der Waals surface area (Å²) in [5.74, 6) is 0. The van der Waals surface area contributed by atoms with Gasteiger partial charge in [0.2, 0.25) is 0 Å². The molecule has 1 amide bonds. The van der Waals surface area contributed by atoms with Crippen molar-refractivity contribution in [2.45, 2.75) is 20.3 Å².